The lowest BCUT2D eigenvalue weighted by atomic mass is 10.3. The molecule has 0 atom stereocenters. The van der Waals surface area contributed by atoms with Crippen molar-refractivity contribution in [1.82, 2.24) is 0 Å². The van der Waals surface area contributed by atoms with Gasteiger partial charge in [0.05, 0.1) is 12.8 Å². The smallest absolute Gasteiger partial charge is 0.333 e. The summed E-state index contributed by atoms with van der Waals surface area (Å²) >= 11 is 0. The minimum absolute atomic E-state index is 0.296. The van der Waals surface area contributed by atoms with Crippen molar-refractivity contribution in [2.24, 2.45) is 0 Å². The molecule has 0 amide bonds. The molecule has 75 valence electrons. The van der Waals surface area contributed by atoms with Gasteiger partial charge in [-0.2, -0.15) is 0 Å². The van der Waals surface area contributed by atoms with E-state index in [1.54, 1.807) is 0 Å². The molecule has 7 nitrogen and oxygen atoms in total. The first-order valence-corrected chi connectivity index (χ1v) is 3.13. The van der Waals surface area contributed by atoms with Crippen molar-refractivity contribution in [2.45, 2.75) is 12.8 Å². The Hall–Kier alpha value is -1.63. The Bertz CT molecular complexity index is 171. The van der Waals surface area contributed by atoms with Gasteiger partial charge in [-0.05, 0) is 0 Å². The number of carboxylic acids is 3. The van der Waals surface area contributed by atoms with Crippen LogP contribution in [-0.4, -0.2) is 39.8 Å². The van der Waals surface area contributed by atoms with Crippen LogP contribution in [-0.2, 0) is 19.5 Å². The maximum absolute atomic E-state index is 9.64. The van der Waals surface area contributed by atoms with E-state index in [9.17, 15) is 9.59 Å². The Morgan fingerprint density at radius 1 is 0.769 bits per heavy atom. The van der Waals surface area contributed by atoms with Gasteiger partial charge in [-0.3, -0.25) is 9.59 Å². The lowest BCUT2D eigenvalue weighted by Gasteiger charge is -1.85. The summed E-state index contributed by atoms with van der Waals surface area (Å²) in [7, 11) is 0. The molecule has 0 aromatic carbocycles. The fourth-order valence-corrected chi connectivity index (χ4v) is 0.214. The van der Waals surface area contributed by atoms with E-state index in [2.05, 4.69) is 0 Å². The molecule has 0 saturated heterocycles. The average molecular weight is 193 g/mol. The number of rotatable bonds is 4. The summed E-state index contributed by atoms with van der Waals surface area (Å²) in [6.45, 7) is -1.03. The summed E-state index contributed by atoms with van der Waals surface area (Å²) in [4.78, 5) is 28.3. The van der Waals surface area contributed by atoms with Gasteiger partial charge >= 0.3 is 17.9 Å². The van der Waals surface area contributed by atoms with E-state index in [1.165, 1.54) is 0 Å². The van der Waals surface area contributed by atoms with E-state index >= 15 is 0 Å². The summed E-state index contributed by atoms with van der Waals surface area (Å²) < 4.78 is 0. The maximum Gasteiger partial charge on any atom is 0.333 e. The quantitative estimate of drug-likeness (QED) is 0.548. The first kappa shape index (κ1) is 13.9. The van der Waals surface area contributed by atoms with Crippen molar-refractivity contribution in [3.63, 3.8) is 0 Å². The van der Waals surface area contributed by atoms with E-state index in [0.717, 1.165) is 0 Å². The van der Waals surface area contributed by atoms with Gasteiger partial charge in [-0.1, -0.05) is 0 Å². The predicted molar refractivity (Wildman–Crippen MR) is 37.7 cm³/mol. The fourth-order valence-electron chi connectivity index (χ4n) is 0.214. The van der Waals surface area contributed by atoms with Crippen LogP contribution < -0.4 is 0 Å². The zero-order valence-electron chi connectivity index (χ0n) is 6.60. The Morgan fingerprint density at radius 3 is 1.08 bits per heavy atom. The number of aliphatic carboxylic acids is 3. The van der Waals surface area contributed by atoms with Gasteiger partial charge in [-0.25, -0.2) is 9.90 Å². The molecule has 0 fully saturated rings. The lowest BCUT2D eigenvalue weighted by molar-refractivity contribution is -0.143. The third kappa shape index (κ3) is 25.2. The van der Waals surface area contributed by atoms with Gasteiger partial charge in [-0.15, -0.1) is 0 Å². The molecule has 13 heavy (non-hydrogen) atoms. The highest BCUT2D eigenvalue weighted by Crippen LogP contribution is 1.86. The molecule has 0 rings (SSSR count). The third-order valence-electron chi connectivity index (χ3n) is 0.676. The van der Waals surface area contributed by atoms with Crippen molar-refractivity contribution in [2.75, 3.05) is 6.61 Å². The maximum atomic E-state index is 9.64. The highest BCUT2D eigenvalue weighted by molar-refractivity contribution is 5.75. The molecular weight excluding hydrogens is 184 g/mol. The van der Waals surface area contributed by atoms with Crippen molar-refractivity contribution < 1.29 is 34.8 Å². The second-order valence-corrected chi connectivity index (χ2v) is 1.83. The zero-order valence-corrected chi connectivity index (χ0v) is 6.60. The molecule has 1 radical (unpaired) electrons. The largest absolute Gasteiger partial charge is 0.481 e. The molecule has 0 spiro atoms. The zero-order chi connectivity index (χ0) is 10.9. The van der Waals surface area contributed by atoms with E-state index in [0.29, 0.717) is 0 Å². The number of carboxylic acid groups (broad SMARTS) is 3. The molecule has 7 heteroatoms. The monoisotopic (exact) mass is 193 g/mol. The highest BCUT2D eigenvalue weighted by atomic mass is 16.4. The predicted octanol–water partition coefficient (Wildman–Crippen LogP) is -0.563. The van der Waals surface area contributed by atoms with Gasteiger partial charge in [0.25, 0.3) is 0 Å². The average Bonchev–Trinajstić information content (AvgIpc) is 2.02. The molecule has 0 aliphatic rings. The number of hydrogen-bond donors (Lipinski definition) is 3. The molecule has 0 aliphatic carbocycles. The van der Waals surface area contributed by atoms with Crippen LogP contribution >= 0.6 is 0 Å². The van der Waals surface area contributed by atoms with Gasteiger partial charge in [0.15, 0.2) is 6.61 Å². The number of carbonyl (C=O) groups is 3. The number of hydrogen-bond acceptors (Lipinski definition) is 3. The first-order valence-electron chi connectivity index (χ1n) is 3.13. The van der Waals surface area contributed by atoms with E-state index < -0.39 is 24.5 Å². The Morgan fingerprint density at radius 2 is 1.00 bits per heavy atom. The Kier molecular flexibility index (Phi) is 9.07. The molecule has 0 bridgehead atoms. The fraction of sp³-hybridized carbons (Fsp3) is 0.500. The SMILES string of the molecule is O=C(O)CCC(=O)O.[O]CC(=O)O. The molecule has 0 aliphatic heterocycles. The van der Waals surface area contributed by atoms with Crippen LogP contribution in [0.2, 0.25) is 0 Å². The standard InChI is InChI=1S/C4H6O4.C2H3O3/c5-3(6)1-2-4(7)8;3-1-2(4)5/h1-2H2,(H,5,6)(H,7,8);1H2,(H,4,5). The van der Waals surface area contributed by atoms with Crippen LogP contribution in [0.15, 0.2) is 0 Å². The molecule has 0 aromatic heterocycles. The molecule has 0 unspecified atom stereocenters. The lowest BCUT2D eigenvalue weighted by Crippen LogP contribution is -2.00. The van der Waals surface area contributed by atoms with Crippen LogP contribution in [0.1, 0.15) is 12.8 Å². The Balaban J connectivity index is 0. The van der Waals surface area contributed by atoms with Gasteiger partial charge in [0.1, 0.15) is 0 Å². The van der Waals surface area contributed by atoms with Gasteiger partial charge in [0.2, 0.25) is 0 Å². The van der Waals surface area contributed by atoms with Crippen molar-refractivity contribution in [3.05, 3.63) is 0 Å². The van der Waals surface area contributed by atoms with Crippen molar-refractivity contribution in [3.8, 4) is 0 Å². The normalized spacial score (nSPS) is 8.08. The molecule has 0 saturated carbocycles. The van der Waals surface area contributed by atoms with E-state index in [1.807, 2.05) is 0 Å². The first-order chi connectivity index (χ1) is 5.90. The third-order valence-corrected chi connectivity index (χ3v) is 0.676. The second kappa shape index (κ2) is 8.47. The summed E-state index contributed by atoms with van der Waals surface area (Å²) in [5.41, 5.74) is 0. The van der Waals surface area contributed by atoms with E-state index in [4.69, 9.17) is 25.2 Å². The van der Waals surface area contributed by atoms with Crippen LogP contribution in [0.25, 0.3) is 0 Å². The molecule has 0 aromatic rings. The van der Waals surface area contributed by atoms with Crippen molar-refractivity contribution >= 4 is 17.9 Å². The molecular formula is C6H9O7. The van der Waals surface area contributed by atoms with Crippen LogP contribution in [0, 0.1) is 0 Å². The summed E-state index contributed by atoms with van der Waals surface area (Å²) in [5.74, 6) is -3.45. The summed E-state index contributed by atoms with van der Waals surface area (Å²) in [6, 6.07) is 0. The van der Waals surface area contributed by atoms with E-state index in [-0.39, 0.29) is 12.8 Å². The minimum atomic E-state index is -1.30. The topological polar surface area (TPSA) is 132 Å². The second-order valence-electron chi connectivity index (χ2n) is 1.83. The minimum Gasteiger partial charge on any atom is -0.481 e. The van der Waals surface area contributed by atoms with Crippen LogP contribution in [0.5, 0.6) is 0 Å². The molecule has 3 N–H and O–H groups in total. The highest BCUT2D eigenvalue weighted by Gasteiger charge is 2.00. The van der Waals surface area contributed by atoms with Crippen LogP contribution in [0.4, 0.5) is 0 Å². The Labute approximate surface area is 73.2 Å². The molecule has 0 heterocycles. The van der Waals surface area contributed by atoms with Crippen molar-refractivity contribution in [1.29, 1.82) is 0 Å². The van der Waals surface area contributed by atoms with Crippen LogP contribution in [0.3, 0.4) is 0 Å². The van der Waals surface area contributed by atoms with Gasteiger partial charge in [0, 0.05) is 0 Å². The summed E-state index contributed by atoms with van der Waals surface area (Å²) in [5, 5.41) is 32.2. The van der Waals surface area contributed by atoms with Gasteiger partial charge < -0.3 is 15.3 Å². The summed E-state index contributed by atoms with van der Waals surface area (Å²) in [6.07, 6.45) is -0.593.